The Hall–Kier alpha value is -1.40. The van der Waals surface area contributed by atoms with Crippen molar-refractivity contribution in [1.29, 1.82) is 0 Å². The summed E-state index contributed by atoms with van der Waals surface area (Å²) in [5, 5.41) is 0. The first kappa shape index (κ1) is 13.6. The zero-order chi connectivity index (χ0) is 14.1. The van der Waals surface area contributed by atoms with Crippen LogP contribution in [0.3, 0.4) is 0 Å². The molecule has 110 valence electrons. The maximum atomic E-state index is 5.90. The van der Waals surface area contributed by atoms with Crippen LogP contribution in [0.1, 0.15) is 37.6 Å². The minimum atomic E-state index is 0.354. The van der Waals surface area contributed by atoms with Gasteiger partial charge in [0.25, 0.3) is 0 Å². The van der Waals surface area contributed by atoms with E-state index in [9.17, 15) is 0 Å². The molecule has 2 atom stereocenters. The lowest BCUT2D eigenvalue weighted by Gasteiger charge is -2.34. The molecule has 6 nitrogen and oxygen atoms in total. The average Bonchev–Trinajstić information content (AvgIpc) is 2.79. The predicted molar refractivity (Wildman–Crippen MR) is 78.7 cm³/mol. The van der Waals surface area contributed by atoms with E-state index in [4.69, 9.17) is 15.6 Å². The number of rotatable bonds is 4. The third kappa shape index (κ3) is 2.45. The normalized spacial score (nSPS) is 25.1. The molecule has 2 aliphatic heterocycles. The maximum Gasteiger partial charge on any atom is 0.148 e. The molecular weight excluding hydrogens is 254 g/mol. The number of nitrogens with one attached hydrogen (secondary N) is 1. The number of morpholine rings is 1. The summed E-state index contributed by atoms with van der Waals surface area (Å²) in [6, 6.07) is 0. The van der Waals surface area contributed by atoms with E-state index >= 15 is 0 Å². The number of aryl methyl sites for hydroxylation is 1. The Morgan fingerprint density at radius 3 is 2.60 bits per heavy atom. The van der Waals surface area contributed by atoms with Gasteiger partial charge in [-0.2, -0.15) is 0 Å². The Morgan fingerprint density at radius 2 is 2.00 bits per heavy atom. The Bertz CT molecular complexity index is 481. The van der Waals surface area contributed by atoms with Gasteiger partial charge in [0.2, 0.25) is 0 Å². The second kappa shape index (κ2) is 5.54. The fourth-order valence-electron chi connectivity index (χ4n) is 3.12. The monoisotopic (exact) mass is 277 g/mol. The van der Waals surface area contributed by atoms with Crippen LogP contribution in [0.5, 0.6) is 0 Å². The van der Waals surface area contributed by atoms with Gasteiger partial charge in [-0.1, -0.05) is 6.92 Å². The molecule has 20 heavy (non-hydrogen) atoms. The van der Waals surface area contributed by atoms with Crippen molar-refractivity contribution in [2.75, 3.05) is 23.4 Å². The summed E-state index contributed by atoms with van der Waals surface area (Å²) in [6.45, 7) is 6.00. The number of ether oxygens (including phenoxy) is 1. The van der Waals surface area contributed by atoms with E-state index in [2.05, 4.69) is 22.2 Å². The summed E-state index contributed by atoms with van der Waals surface area (Å²) in [4.78, 5) is 11.6. The molecule has 0 radical (unpaired) electrons. The molecule has 2 fully saturated rings. The number of hydrazine groups is 1. The van der Waals surface area contributed by atoms with Gasteiger partial charge >= 0.3 is 0 Å². The zero-order valence-electron chi connectivity index (χ0n) is 12.2. The third-order valence-electron chi connectivity index (χ3n) is 4.12. The maximum absolute atomic E-state index is 5.90. The number of nitrogen functional groups attached to an aromatic ring is 1. The molecule has 0 amide bonds. The molecule has 2 aliphatic rings. The number of nitrogens with zero attached hydrogens (tertiary/aromatic N) is 3. The zero-order valence-corrected chi connectivity index (χ0v) is 12.2. The van der Waals surface area contributed by atoms with Crippen LogP contribution in [0.25, 0.3) is 0 Å². The van der Waals surface area contributed by atoms with Gasteiger partial charge in [0, 0.05) is 25.1 Å². The van der Waals surface area contributed by atoms with Gasteiger partial charge in [-0.15, -0.1) is 0 Å². The van der Waals surface area contributed by atoms with Crippen molar-refractivity contribution in [3.8, 4) is 0 Å². The lowest BCUT2D eigenvalue weighted by Crippen LogP contribution is -2.43. The second-order valence-electron chi connectivity index (χ2n) is 5.69. The van der Waals surface area contributed by atoms with E-state index in [0.29, 0.717) is 12.2 Å². The molecule has 0 aromatic carbocycles. The number of hydrogen-bond acceptors (Lipinski definition) is 6. The molecular formula is C14H23N5O. The standard InChI is InChI=1S/C14H23N5O/c1-3-4-12-16-13(18-15)9(2)14(17-12)19-7-10-5-6-11(8-19)20-10/h10-11H,3-8,15H2,1-2H3,(H,16,17,18). The van der Waals surface area contributed by atoms with Crippen LogP contribution >= 0.6 is 0 Å². The van der Waals surface area contributed by atoms with Crippen molar-refractivity contribution >= 4 is 11.6 Å². The van der Waals surface area contributed by atoms with Gasteiger partial charge in [-0.25, -0.2) is 15.8 Å². The Labute approximate surface area is 119 Å². The van der Waals surface area contributed by atoms with Crippen molar-refractivity contribution in [2.45, 2.75) is 51.7 Å². The van der Waals surface area contributed by atoms with Crippen LogP contribution in [-0.4, -0.2) is 35.3 Å². The topological polar surface area (TPSA) is 76.3 Å². The van der Waals surface area contributed by atoms with Crippen LogP contribution in [0.4, 0.5) is 11.6 Å². The predicted octanol–water partition coefficient (Wildman–Crippen LogP) is 1.39. The van der Waals surface area contributed by atoms with Gasteiger partial charge in [0.15, 0.2) is 0 Å². The van der Waals surface area contributed by atoms with Crippen LogP contribution in [0, 0.1) is 6.92 Å². The molecule has 1 aromatic rings. The minimum Gasteiger partial charge on any atom is -0.371 e. The van der Waals surface area contributed by atoms with Gasteiger partial charge in [-0.3, -0.25) is 0 Å². The van der Waals surface area contributed by atoms with Crippen LogP contribution in [0.15, 0.2) is 0 Å². The minimum absolute atomic E-state index is 0.354. The first-order valence-corrected chi connectivity index (χ1v) is 7.45. The number of hydrogen-bond donors (Lipinski definition) is 2. The molecule has 0 saturated carbocycles. The smallest absolute Gasteiger partial charge is 0.148 e. The van der Waals surface area contributed by atoms with E-state index in [-0.39, 0.29) is 0 Å². The van der Waals surface area contributed by atoms with Crippen LogP contribution in [-0.2, 0) is 11.2 Å². The highest BCUT2D eigenvalue weighted by Gasteiger charge is 2.35. The number of aromatic nitrogens is 2. The SMILES string of the molecule is CCCc1nc(NN)c(C)c(N2CC3CCC(C2)O3)n1. The number of fused-ring (bicyclic) bond motifs is 2. The molecule has 6 heteroatoms. The molecule has 3 heterocycles. The number of anilines is 2. The van der Waals surface area contributed by atoms with E-state index < -0.39 is 0 Å². The van der Waals surface area contributed by atoms with Crippen molar-refractivity contribution < 1.29 is 4.74 Å². The summed E-state index contributed by atoms with van der Waals surface area (Å²) < 4.78 is 5.90. The summed E-state index contributed by atoms with van der Waals surface area (Å²) in [6.07, 6.45) is 4.93. The van der Waals surface area contributed by atoms with Crippen LogP contribution in [0.2, 0.25) is 0 Å². The summed E-state index contributed by atoms with van der Waals surface area (Å²) in [7, 11) is 0. The van der Waals surface area contributed by atoms with Crippen molar-refractivity contribution in [2.24, 2.45) is 5.84 Å². The first-order chi connectivity index (χ1) is 9.71. The Morgan fingerprint density at radius 1 is 1.30 bits per heavy atom. The molecule has 1 aromatic heterocycles. The molecule has 0 aliphatic carbocycles. The number of nitrogens with two attached hydrogens (primary N) is 1. The van der Waals surface area contributed by atoms with Crippen LogP contribution < -0.4 is 16.2 Å². The fourth-order valence-corrected chi connectivity index (χ4v) is 3.12. The molecule has 2 saturated heterocycles. The largest absolute Gasteiger partial charge is 0.371 e. The highest BCUT2D eigenvalue weighted by atomic mass is 16.5. The fraction of sp³-hybridized carbons (Fsp3) is 0.714. The highest BCUT2D eigenvalue weighted by Crippen LogP contribution is 2.31. The molecule has 3 N–H and O–H groups in total. The molecule has 0 spiro atoms. The van der Waals surface area contributed by atoms with Gasteiger partial charge in [0.05, 0.1) is 12.2 Å². The van der Waals surface area contributed by atoms with Crippen molar-refractivity contribution in [1.82, 2.24) is 9.97 Å². The highest BCUT2D eigenvalue weighted by molar-refractivity contribution is 5.58. The lowest BCUT2D eigenvalue weighted by molar-refractivity contribution is 0.0301. The lowest BCUT2D eigenvalue weighted by atomic mass is 10.2. The van der Waals surface area contributed by atoms with E-state index in [0.717, 1.165) is 61.8 Å². The second-order valence-corrected chi connectivity index (χ2v) is 5.69. The molecule has 3 rings (SSSR count). The van der Waals surface area contributed by atoms with E-state index in [1.165, 1.54) is 0 Å². The van der Waals surface area contributed by atoms with Crippen molar-refractivity contribution in [3.63, 3.8) is 0 Å². The summed E-state index contributed by atoms with van der Waals surface area (Å²) >= 11 is 0. The van der Waals surface area contributed by atoms with Gasteiger partial charge < -0.3 is 15.1 Å². The summed E-state index contributed by atoms with van der Waals surface area (Å²) in [5.41, 5.74) is 3.72. The molecule has 2 bridgehead atoms. The van der Waals surface area contributed by atoms with Gasteiger partial charge in [-0.05, 0) is 26.2 Å². The average molecular weight is 277 g/mol. The summed E-state index contributed by atoms with van der Waals surface area (Å²) in [5.74, 6) is 8.20. The van der Waals surface area contributed by atoms with Gasteiger partial charge in [0.1, 0.15) is 17.5 Å². The third-order valence-corrected chi connectivity index (χ3v) is 4.12. The molecule has 2 unspecified atom stereocenters. The Balaban J connectivity index is 1.92. The first-order valence-electron chi connectivity index (χ1n) is 7.45. The quantitative estimate of drug-likeness (QED) is 0.640. The Kier molecular flexibility index (Phi) is 3.76. The van der Waals surface area contributed by atoms with E-state index in [1.54, 1.807) is 0 Å². The van der Waals surface area contributed by atoms with Crippen molar-refractivity contribution in [3.05, 3.63) is 11.4 Å². The van der Waals surface area contributed by atoms with E-state index in [1.807, 2.05) is 6.92 Å².